The van der Waals surface area contributed by atoms with E-state index in [1.165, 1.54) is 0 Å². The van der Waals surface area contributed by atoms with Crippen molar-refractivity contribution in [3.05, 3.63) is 35.9 Å². The molecule has 0 radical (unpaired) electrons. The number of thiophene rings is 1. The van der Waals surface area contributed by atoms with Crippen LogP contribution in [0.3, 0.4) is 0 Å². The summed E-state index contributed by atoms with van der Waals surface area (Å²) in [6, 6.07) is 2.04. The van der Waals surface area contributed by atoms with E-state index < -0.39 is 0 Å². The van der Waals surface area contributed by atoms with Gasteiger partial charge in [-0.05, 0) is 12.8 Å². The average molecular weight is 291 g/mol. The van der Waals surface area contributed by atoms with Crippen molar-refractivity contribution >= 4 is 29.3 Å². The molecule has 0 aliphatic heterocycles. The van der Waals surface area contributed by atoms with Crippen LogP contribution in [0.25, 0.3) is 11.3 Å². The molecule has 106 valence electrons. The van der Waals surface area contributed by atoms with Gasteiger partial charge in [-0.25, -0.2) is 4.98 Å². The van der Waals surface area contributed by atoms with Gasteiger partial charge in [0.2, 0.25) is 0 Å². The standard InChI is InChI=1S/C12H13N5S.CH4O/c1-13-4-10(5-14-2)17-12-3-9(7-18-12)11-6-15-8-16-11;1-2/h3-8,17H,1H2,2H3,(H,15,16);2H,1H3/b10-4+,14-5?;. The summed E-state index contributed by atoms with van der Waals surface area (Å²) in [5, 5.41) is 13.3. The van der Waals surface area contributed by atoms with Gasteiger partial charge in [-0.15, -0.1) is 11.3 Å². The highest BCUT2D eigenvalue weighted by molar-refractivity contribution is 7.14. The van der Waals surface area contributed by atoms with Crippen LogP contribution in [-0.2, 0) is 0 Å². The van der Waals surface area contributed by atoms with E-state index in [2.05, 4.69) is 37.4 Å². The smallest absolute Gasteiger partial charge is 0.0934 e. The van der Waals surface area contributed by atoms with Crippen molar-refractivity contribution in [1.82, 2.24) is 9.97 Å². The second-order valence-corrected chi connectivity index (χ2v) is 4.36. The van der Waals surface area contributed by atoms with Gasteiger partial charge < -0.3 is 15.4 Å². The van der Waals surface area contributed by atoms with Crippen molar-refractivity contribution in [3.63, 3.8) is 0 Å². The molecule has 2 aromatic heterocycles. The quantitative estimate of drug-likeness (QED) is 0.739. The summed E-state index contributed by atoms with van der Waals surface area (Å²) in [7, 11) is 2.71. The van der Waals surface area contributed by atoms with E-state index in [1.807, 2.05) is 6.07 Å². The fourth-order valence-electron chi connectivity index (χ4n) is 1.43. The predicted molar refractivity (Wildman–Crippen MR) is 85.7 cm³/mol. The van der Waals surface area contributed by atoms with Gasteiger partial charge in [0.05, 0.1) is 35.1 Å². The number of imidazole rings is 1. The van der Waals surface area contributed by atoms with E-state index in [9.17, 15) is 0 Å². The van der Waals surface area contributed by atoms with E-state index >= 15 is 0 Å². The van der Waals surface area contributed by atoms with Crippen molar-refractivity contribution < 1.29 is 5.11 Å². The molecule has 0 aliphatic rings. The minimum atomic E-state index is 0.797. The number of hydrogen-bond donors (Lipinski definition) is 3. The van der Waals surface area contributed by atoms with Gasteiger partial charge in [0.25, 0.3) is 0 Å². The number of aromatic amines is 1. The zero-order chi connectivity index (χ0) is 14.8. The summed E-state index contributed by atoms with van der Waals surface area (Å²) in [5.41, 5.74) is 2.89. The normalized spacial score (nSPS) is 11.1. The number of allylic oxidation sites excluding steroid dienone is 1. The summed E-state index contributed by atoms with van der Waals surface area (Å²) in [6.07, 6.45) is 6.78. The lowest BCUT2D eigenvalue weighted by atomic mass is 10.2. The third-order valence-corrected chi connectivity index (χ3v) is 3.02. The number of nitrogens with one attached hydrogen (secondary N) is 2. The number of aliphatic imine (C=N–C) groups is 2. The maximum Gasteiger partial charge on any atom is 0.0934 e. The Balaban J connectivity index is 0.000000956. The first-order chi connectivity index (χ1) is 9.83. The molecule has 20 heavy (non-hydrogen) atoms. The number of aliphatic hydroxyl groups is 1. The molecular weight excluding hydrogens is 274 g/mol. The Bertz CT molecular complexity index is 571. The van der Waals surface area contributed by atoms with E-state index in [4.69, 9.17) is 5.11 Å². The summed E-state index contributed by atoms with van der Waals surface area (Å²) >= 11 is 1.60. The molecule has 2 heterocycles. The van der Waals surface area contributed by atoms with E-state index in [0.717, 1.165) is 29.1 Å². The van der Waals surface area contributed by atoms with Crippen LogP contribution in [0.4, 0.5) is 5.00 Å². The minimum absolute atomic E-state index is 0.797. The van der Waals surface area contributed by atoms with Crippen LogP contribution in [-0.4, -0.2) is 42.2 Å². The second kappa shape index (κ2) is 8.78. The van der Waals surface area contributed by atoms with Crippen molar-refractivity contribution in [2.75, 3.05) is 19.5 Å². The zero-order valence-electron chi connectivity index (χ0n) is 11.4. The first-order valence-electron chi connectivity index (χ1n) is 5.70. The lowest BCUT2D eigenvalue weighted by molar-refractivity contribution is 0.399. The number of H-pyrrole nitrogens is 1. The van der Waals surface area contributed by atoms with Crippen molar-refractivity contribution in [2.24, 2.45) is 9.98 Å². The number of aromatic nitrogens is 2. The zero-order valence-corrected chi connectivity index (χ0v) is 12.2. The molecule has 0 saturated carbocycles. The second-order valence-electron chi connectivity index (χ2n) is 3.44. The Kier molecular flexibility index (Phi) is 6.94. The van der Waals surface area contributed by atoms with Crippen molar-refractivity contribution in [2.45, 2.75) is 0 Å². The molecule has 0 fully saturated rings. The van der Waals surface area contributed by atoms with Crippen molar-refractivity contribution in [1.29, 1.82) is 0 Å². The van der Waals surface area contributed by atoms with Crippen LogP contribution in [0.5, 0.6) is 0 Å². The molecule has 2 aromatic rings. The number of hydrogen-bond acceptors (Lipinski definition) is 6. The fourth-order valence-corrected chi connectivity index (χ4v) is 2.26. The maximum absolute atomic E-state index is 7.00. The number of anilines is 1. The van der Waals surface area contributed by atoms with Gasteiger partial charge in [-0.2, -0.15) is 0 Å². The minimum Gasteiger partial charge on any atom is -0.400 e. The highest BCUT2D eigenvalue weighted by atomic mass is 32.1. The largest absolute Gasteiger partial charge is 0.400 e. The molecule has 0 aromatic carbocycles. The molecule has 0 atom stereocenters. The molecule has 2 rings (SSSR count). The SMILES string of the molecule is C=N/C=C(\C=NC)Nc1cc(-c2cnc[nH]2)cs1.CO. The lowest BCUT2D eigenvalue weighted by Gasteiger charge is -2.01. The maximum atomic E-state index is 7.00. The van der Waals surface area contributed by atoms with E-state index in [1.54, 1.807) is 43.3 Å². The monoisotopic (exact) mass is 291 g/mol. The van der Waals surface area contributed by atoms with Gasteiger partial charge >= 0.3 is 0 Å². The summed E-state index contributed by atoms with van der Waals surface area (Å²) < 4.78 is 0. The van der Waals surface area contributed by atoms with Crippen LogP contribution < -0.4 is 5.32 Å². The Morgan fingerprint density at radius 3 is 2.95 bits per heavy atom. The van der Waals surface area contributed by atoms with Crippen LogP contribution >= 0.6 is 11.3 Å². The average Bonchev–Trinajstić information content (AvgIpc) is 3.12. The Hall–Kier alpha value is -2.25. The number of aliphatic hydroxyl groups excluding tert-OH is 1. The first kappa shape index (κ1) is 15.8. The topological polar surface area (TPSA) is 85.7 Å². The molecule has 0 amide bonds. The highest BCUT2D eigenvalue weighted by Gasteiger charge is 2.04. The van der Waals surface area contributed by atoms with Gasteiger partial charge in [-0.3, -0.25) is 9.98 Å². The summed E-state index contributed by atoms with van der Waals surface area (Å²) in [6.45, 7) is 3.43. The van der Waals surface area contributed by atoms with E-state index in [-0.39, 0.29) is 0 Å². The highest BCUT2D eigenvalue weighted by Crippen LogP contribution is 2.28. The van der Waals surface area contributed by atoms with Crippen molar-refractivity contribution in [3.8, 4) is 11.3 Å². The molecule has 0 aliphatic carbocycles. The van der Waals surface area contributed by atoms with Crippen LogP contribution in [0, 0.1) is 0 Å². The van der Waals surface area contributed by atoms with Crippen LogP contribution in [0.1, 0.15) is 0 Å². The predicted octanol–water partition coefficient (Wildman–Crippen LogP) is 2.40. The van der Waals surface area contributed by atoms with Gasteiger partial charge in [0.1, 0.15) is 0 Å². The Labute approximate surface area is 121 Å². The van der Waals surface area contributed by atoms with Gasteiger partial charge in [0.15, 0.2) is 0 Å². The molecule has 0 spiro atoms. The van der Waals surface area contributed by atoms with Gasteiger partial charge in [0, 0.05) is 31.3 Å². The third-order valence-electron chi connectivity index (χ3n) is 2.17. The fraction of sp³-hybridized carbons (Fsp3) is 0.154. The number of rotatable bonds is 5. The molecular formula is C13H17N5OS. The van der Waals surface area contributed by atoms with Crippen LogP contribution in [0.2, 0.25) is 0 Å². The molecule has 0 saturated heterocycles. The Morgan fingerprint density at radius 1 is 1.55 bits per heavy atom. The summed E-state index contributed by atoms with van der Waals surface area (Å²) in [4.78, 5) is 14.8. The molecule has 7 heteroatoms. The summed E-state index contributed by atoms with van der Waals surface area (Å²) in [5.74, 6) is 0. The number of nitrogens with zero attached hydrogens (tertiary/aromatic N) is 3. The van der Waals surface area contributed by atoms with E-state index in [0.29, 0.717) is 0 Å². The van der Waals surface area contributed by atoms with Gasteiger partial charge in [-0.1, -0.05) is 0 Å². The Morgan fingerprint density at radius 2 is 2.35 bits per heavy atom. The first-order valence-corrected chi connectivity index (χ1v) is 6.58. The molecule has 3 N–H and O–H groups in total. The lowest BCUT2D eigenvalue weighted by Crippen LogP contribution is -1.98. The van der Waals surface area contributed by atoms with Crippen LogP contribution in [0.15, 0.2) is 45.9 Å². The molecule has 0 unspecified atom stereocenters. The third kappa shape index (κ3) is 4.45. The molecule has 6 nitrogen and oxygen atoms in total. The molecule has 0 bridgehead atoms.